The summed E-state index contributed by atoms with van der Waals surface area (Å²) in [5, 5.41) is 3.07. The molecule has 25 heavy (non-hydrogen) atoms. The summed E-state index contributed by atoms with van der Waals surface area (Å²) >= 11 is 0. The number of piperazine rings is 1. The Morgan fingerprint density at radius 2 is 2.00 bits per heavy atom. The number of carbonyl (C=O) groups excluding carboxylic acids is 1. The van der Waals surface area contributed by atoms with Crippen molar-refractivity contribution in [2.45, 2.75) is 51.3 Å². The lowest BCUT2D eigenvalue weighted by atomic mass is 10.2. The topological polar surface area (TPSA) is 44.8 Å². The molecule has 0 radical (unpaired) electrons. The number of amides is 1. The molecule has 1 aromatic carbocycles. The van der Waals surface area contributed by atoms with Crippen molar-refractivity contribution < 1.29 is 9.53 Å². The van der Waals surface area contributed by atoms with E-state index in [1.54, 1.807) is 0 Å². The second-order valence-electron chi connectivity index (χ2n) is 7.49. The van der Waals surface area contributed by atoms with Gasteiger partial charge in [-0.1, -0.05) is 18.2 Å². The summed E-state index contributed by atoms with van der Waals surface area (Å²) in [5.74, 6) is 1.01. The fraction of sp³-hybridized carbons (Fsp3) is 0.650. The summed E-state index contributed by atoms with van der Waals surface area (Å²) in [4.78, 5) is 16.9. The number of carbonyl (C=O) groups is 1. The van der Waals surface area contributed by atoms with Crippen molar-refractivity contribution in [3.63, 3.8) is 0 Å². The van der Waals surface area contributed by atoms with Gasteiger partial charge in [-0.25, -0.2) is 0 Å². The van der Waals surface area contributed by atoms with Crippen LogP contribution in [-0.2, 0) is 11.3 Å². The lowest BCUT2D eigenvalue weighted by Crippen LogP contribution is -2.53. The Morgan fingerprint density at radius 3 is 2.76 bits per heavy atom. The van der Waals surface area contributed by atoms with Crippen LogP contribution in [0.1, 0.15) is 38.2 Å². The number of para-hydroxylation sites is 1. The Balaban J connectivity index is 1.50. The molecule has 0 spiro atoms. The first-order valence-corrected chi connectivity index (χ1v) is 9.55. The molecule has 3 rings (SSSR count). The average molecular weight is 345 g/mol. The van der Waals surface area contributed by atoms with Gasteiger partial charge >= 0.3 is 0 Å². The van der Waals surface area contributed by atoms with Gasteiger partial charge in [0.2, 0.25) is 5.91 Å². The second-order valence-corrected chi connectivity index (χ2v) is 7.49. The minimum absolute atomic E-state index is 0.0899. The van der Waals surface area contributed by atoms with Crippen LogP contribution in [0.15, 0.2) is 24.3 Å². The van der Waals surface area contributed by atoms with Crippen LogP contribution in [0.5, 0.6) is 5.75 Å². The van der Waals surface area contributed by atoms with Crippen LogP contribution in [0.25, 0.3) is 0 Å². The summed E-state index contributed by atoms with van der Waals surface area (Å²) in [7, 11) is 2.13. The average Bonchev–Trinajstić information content (AvgIpc) is 3.10. The fourth-order valence-corrected chi connectivity index (χ4v) is 3.80. The first-order valence-electron chi connectivity index (χ1n) is 9.55. The van der Waals surface area contributed by atoms with Crippen LogP contribution in [0.4, 0.5) is 0 Å². The number of nitrogens with one attached hydrogen (secondary N) is 1. The highest BCUT2D eigenvalue weighted by molar-refractivity contribution is 5.78. The molecule has 5 nitrogen and oxygen atoms in total. The molecular weight excluding hydrogens is 314 g/mol. The van der Waals surface area contributed by atoms with Gasteiger partial charge in [-0.2, -0.15) is 0 Å². The molecule has 0 unspecified atom stereocenters. The maximum Gasteiger partial charge on any atom is 0.234 e. The molecule has 1 N–H and O–H groups in total. The van der Waals surface area contributed by atoms with E-state index in [0.717, 1.165) is 43.8 Å². The molecule has 1 aliphatic carbocycles. The fourth-order valence-electron chi connectivity index (χ4n) is 3.80. The molecule has 0 bridgehead atoms. The summed E-state index contributed by atoms with van der Waals surface area (Å²) in [5.41, 5.74) is 1.06. The van der Waals surface area contributed by atoms with Crippen molar-refractivity contribution in [1.82, 2.24) is 15.1 Å². The van der Waals surface area contributed by atoms with Gasteiger partial charge in [0.05, 0.1) is 12.6 Å². The molecule has 1 heterocycles. The van der Waals surface area contributed by atoms with E-state index in [4.69, 9.17) is 4.74 Å². The lowest BCUT2D eigenvalue weighted by Gasteiger charge is -2.37. The molecule has 1 saturated carbocycles. The van der Waals surface area contributed by atoms with Gasteiger partial charge in [-0.3, -0.25) is 9.69 Å². The van der Waals surface area contributed by atoms with E-state index < -0.39 is 0 Å². The smallest absolute Gasteiger partial charge is 0.234 e. The Hall–Kier alpha value is -1.59. The molecule has 2 aliphatic rings. The Kier molecular flexibility index (Phi) is 6.32. The zero-order valence-electron chi connectivity index (χ0n) is 15.5. The molecule has 1 amide bonds. The number of rotatable bonds is 6. The van der Waals surface area contributed by atoms with Crippen molar-refractivity contribution in [3.8, 4) is 5.75 Å². The molecule has 5 heteroatoms. The van der Waals surface area contributed by atoms with Gasteiger partial charge < -0.3 is 15.0 Å². The number of benzene rings is 1. The van der Waals surface area contributed by atoms with Crippen LogP contribution < -0.4 is 10.1 Å². The van der Waals surface area contributed by atoms with Crippen molar-refractivity contribution in [2.24, 2.45) is 0 Å². The van der Waals surface area contributed by atoms with E-state index in [9.17, 15) is 4.79 Å². The molecular formula is C20H31N3O2. The van der Waals surface area contributed by atoms with Crippen molar-refractivity contribution in [2.75, 3.05) is 33.2 Å². The van der Waals surface area contributed by atoms with E-state index in [0.29, 0.717) is 25.2 Å². The van der Waals surface area contributed by atoms with Gasteiger partial charge in [0, 0.05) is 37.8 Å². The maximum atomic E-state index is 12.4. The highest BCUT2D eigenvalue weighted by Crippen LogP contribution is 2.26. The minimum Gasteiger partial charge on any atom is -0.490 e. The summed E-state index contributed by atoms with van der Waals surface area (Å²) in [6.45, 7) is 6.19. The Labute approximate surface area is 151 Å². The highest BCUT2D eigenvalue weighted by Gasteiger charge is 2.23. The van der Waals surface area contributed by atoms with Crippen molar-refractivity contribution in [3.05, 3.63) is 29.8 Å². The van der Waals surface area contributed by atoms with Crippen LogP contribution in [0.2, 0.25) is 0 Å². The third-order valence-corrected chi connectivity index (χ3v) is 5.36. The molecule has 2 fully saturated rings. The van der Waals surface area contributed by atoms with Gasteiger partial charge in [0.15, 0.2) is 0 Å². The quantitative estimate of drug-likeness (QED) is 0.859. The molecule has 138 valence electrons. The Bertz CT molecular complexity index is 572. The van der Waals surface area contributed by atoms with Crippen LogP contribution in [-0.4, -0.2) is 61.1 Å². The molecule has 1 saturated heterocycles. The molecule has 1 atom stereocenters. The van der Waals surface area contributed by atoms with E-state index in [2.05, 4.69) is 29.1 Å². The molecule has 1 aliphatic heterocycles. The lowest BCUT2D eigenvalue weighted by molar-refractivity contribution is -0.123. The van der Waals surface area contributed by atoms with Crippen LogP contribution >= 0.6 is 0 Å². The second kappa shape index (κ2) is 8.68. The minimum atomic E-state index is 0.0899. The maximum absolute atomic E-state index is 12.4. The predicted octanol–water partition coefficient (Wildman–Crippen LogP) is 2.26. The number of nitrogens with zero attached hydrogens (tertiary/aromatic N) is 2. The van der Waals surface area contributed by atoms with Gasteiger partial charge in [0.1, 0.15) is 5.75 Å². The largest absolute Gasteiger partial charge is 0.490 e. The first kappa shape index (κ1) is 18.2. The van der Waals surface area contributed by atoms with E-state index in [-0.39, 0.29) is 5.91 Å². The first-order chi connectivity index (χ1) is 12.1. The third kappa shape index (κ3) is 5.19. The summed E-state index contributed by atoms with van der Waals surface area (Å²) < 4.78 is 6.15. The molecule has 0 aromatic heterocycles. The van der Waals surface area contributed by atoms with Crippen molar-refractivity contribution >= 4 is 5.91 Å². The van der Waals surface area contributed by atoms with E-state index >= 15 is 0 Å². The third-order valence-electron chi connectivity index (χ3n) is 5.36. The highest BCUT2D eigenvalue weighted by atomic mass is 16.5. The molecule has 1 aromatic rings. The normalized spacial score (nSPS) is 22.9. The van der Waals surface area contributed by atoms with E-state index in [1.165, 1.54) is 12.8 Å². The van der Waals surface area contributed by atoms with Gasteiger partial charge in [0.25, 0.3) is 0 Å². The van der Waals surface area contributed by atoms with Crippen LogP contribution in [0.3, 0.4) is 0 Å². The zero-order valence-corrected chi connectivity index (χ0v) is 15.5. The monoisotopic (exact) mass is 345 g/mol. The Morgan fingerprint density at radius 1 is 1.24 bits per heavy atom. The van der Waals surface area contributed by atoms with Gasteiger partial charge in [-0.15, -0.1) is 0 Å². The van der Waals surface area contributed by atoms with Crippen LogP contribution in [0, 0.1) is 0 Å². The number of likely N-dealkylation sites (N-methyl/N-ethyl adjacent to an activating group) is 1. The number of hydrogen-bond donors (Lipinski definition) is 1. The SMILES string of the molecule is C[C@@H]1CN(C)CCN1CC(=O)NCc1ccccc1OC1CCCC1. The summed E-state index contributed by atoms with van der Waals surface area (Å²) in [6.07, 6.45) is 5.13. The van der Waals surface area contributed by atoms with Crippen molar-refractivity contribution in [1.29, 1.82) is 0 Å². The van der Waals surface area contributed by atoms with Gasteiger partial charge in [-0.05, 0) is 45.7 Å². The number of ether oxygens (including phenoxy) is 1. The standard InChI is InChI=1S/C20H31N3O2/c1-16-14-22(2)11-12-23(16)15-20(24)21-13-17-7-3-6-10-19(17)25-18-8-4-5-9-18/h3,6-7,10,16,18H,4-5,8-9,11-15H2,1-2H3,(H,21,24)/t16-/m1/s1. The summed E-state index contributed by atoms with van der Waals surface area (Å²) in [6, 6.07) is 8.49. The van der Waals surface area contributed by atoms with E-state index in [1.807, 2.05) is 24.3 Å². The predicted molar refractivity (Wildman–Crippen MR) is 99.7 cm³/mol. The number of hydrogen-bond acceptors (Lipinski definition) is 4. The zero-order chi connectivity index (χ0) is 17.6.